The highest BCUT2D eigenvalue weighted by Gasteiger charge is 2.30. The van der Waals surface area contributed by atoms with Crippen molar-refractivity contribution in [2.75, 3.05) is 19.6 Å². The molecule has 1 heterocycles. The summed E-state index contributed by atoms with van der Waals surface area (Å²) in [7, 11) is 0. The first kappa shape index (κ1) is 16.3. The first-order valence-electron chi connectivity index (χ1n) is 8.43. The van der Waals surface area contributed by atoms with Crippen LogP contribution in [0.3, 0.4) is 0 Å². The van der Waals surface area contributed by atoms with E-state index in [1.807, 2.05) is 17.0 Å². The van der Waals surface area contributed by atoms with Gasteiger partial charge in [0.1, 0.15) is 0 Å². The van der Waals surface area contributed by atoms with Crippen molar-refractivity contribution >= 4 is 22.7 Å². The molecule has 0 unspecified atom stereocenters. The maximum atomic E-state index is 12.5. The molecular formula is C19H23N3O2. The summed E-state index contributed by atoms with van der Waals surface area (Å²) in [5.41, 5.74) is 1.21. The van der Waals surface area contributed by atoms with Gasteiger partial charge in [-0.3, -0.25) is 4.79 Å². The van der Waals surface area contributed by atoms with Crippen LogP contribution in [0.5, 0.6) is 0 Å². The molecule has 5 heteroatoms. The summed E-state index contributed by atoms with van der Waals surface area (Å²) in [6.45, 7) is 3.13. The van der Waals surface area contributed by atoms with Crippen LogP contribution in [-0.4, -0.2) is 36.5 Å². The van der Waals surface area contributed by atoms with Crippen molar-refractivity contribution < 1.29 is 9.59 Å². The van der Waals surface area contributed by atoms with Crippen LogP contribution in [-0.2, 0) is 4.79 Å². The number of likely N-dealkylation sites (tertiary alicyclic amines) is 1. The molecule has 3 rings (SSSR count). The van der Waals surface area contributed by atoms with Gasteiger partial charge in [0.15, 0.2) is 0 Å². The molecule has 24 heavy (non-hydrogen) atoms. The Balaban J connectivity index is 1.73. The van der Waals surface area contributed by atoms with Crippen molar-refractivity contribution in [1.82, 2.24) is 15.5 Å². The molecule has 0 bridgehead atoms. The molecule has 5 nitrogen and oxygen atoms in total. The average Bonchev–Trinajstić information content (AvgIpc) is 3.07. The molecule has 3 amide bonds. The number of amides is 3. The van der Waals surface area contributed by atoms with Gasteiger partial charge in [0.2, 0.25) is 5.91 Å². The van der Waals surface area contributed by atoms with Crippen LogP contribution in [0.4, 0.5) is 4.79 Å². The topological polar surface area (TPSA) is 61.4 Å². The lowest BCUT2D eigenvalue weighted by molar-refractivity contribution is -0.118. The number of fused-ring (bicyclic) bond motifs is 1. The Bertz CT molecular complexity index is 739. The van der Waals surface area contributed by atoms with Gasteiger partial charge >= 0.3 is 6.03 Å². The Kier molecular flexibility index (Phi) is 4.99. The monoisotopic (exact) mass is 325 g/mol. The number of carbonyl (C=O) groups excluding carboxylic acids is 2. The molecule has 2 aromatic carbocycles. The van der Waals surface area contributed by atoms with Crippen LogP contribution in [0.25, 0.3) is 10.8 Å². The average molecular weight is 325 g/mol. The Hall–Kier alpha value is -2.56. The minimum absolute atomic E-state index is 0.0595. The predicted molar refractivity (Wildman–Crippen MR) is 94.7 cm³/mol. The lowest BCUT2D eigenvalue weighted by Gasteiger charge is -2.26. The molecule has 1 fully saturated rings. The van der Waals surface area contributed by atoms with Gasteiger partial charge in [-0.25, -0.2) is 4.79 Å². The minimum atomic E-state index is -0.0842. The molecule has 0 spiro atoms. The molecule has 0 aliphatic carbocycles. The molecule has 1 saturated heterocycles. The fraction of sp³-hybridized carbons (Fsp3) is 0.368. The van der Waals surface area contributed by atoms with Crippen LogP contribution in [0.15, 0.2) is 42.5 Å². The van der Waals surface area contributed by atoms with Crippen molar-refractivity contribution in [1.29, 1.82) is 0 Å². The highest BCUT2D eigenvalue weighted by molar-refractivity contribution is 5.87. The number of carbonyl (C=O) groups is 2. The molecule has 1 atom stereocenters. The van der Waals surface area contributed by atoms with Crippen LogP contribution in [0.2, 0.25) is 0 Å². The maximum Gasteiger partial charge on any atom is 0.317 e. The third-order valence-electron chi connectivity index (χ3n) is 4.47. The van der Waals surface area contributed by atoms with E-state index in [2.05, 4.69) is 41.0 Å². The lowest BCUT2D eigenvalue weighted by atomic mass is 9.97. The lowest BCUT2D eigenvalue weighted by Crippen LogP contribution is -2.42. The molecule has 126 valence electrons. The summed E-state index contributed by atoms with van der Waals surface area (Å²) in [6.07, 6.45) is 1.99. The fourth-order valence-electron chi connectivity index (χ4n) is 3.38. The molecular weight excluding hydrogens is 302 g/mol. The van der Waals surface area contributed by atoms with E-state index in [0.29, 0.717) is 13.1 Å². The highest BCUT2D eigenvalue weighted by Crippen LogP contribution is 2.35. The zero-order valence-electron chi connectivity index (χ0n) is 13.9. The third kappa shape index (κ3) is 3.50. The van der Waals surface area contributed by atoms with Crippen LogP contribution in [0.1, 0.15) is 31.4 Å². The van der Waals surface area contributed by atoms with Gasteiger partial charge in [-0.2, -0.15) is 0 Å². The predicted octanol–water partition coefficient (Wildman–Crippen LogP) is 2.82. The van der Waals surface area contributed by atoms with Gasteiger partial charge in [-0.05, 0) is 29.2 Å². The maximum absolute atomic E-state index is 12.5. The van der Waals surface area contributed by atoms with E-state index in [1.165, 1.54) is 23.3 Å². The smallest absolute Gasteiger partial charge is 0.317 e. The van der Waals surface area contributed by atoms with Gasteiger partial charge in [-0.1, -0.05) is 42.5 Å². The number of nitrogens with one attached hydrogen (secondary N) is 2. The Morgan fingerprint density at radius 3 is 2.67 bits per heavy atom. The number of urea groups is 1. The molecule has 2 aromatic rings. The van der Waals surface area contributed by atoms with Gasteiger partial charge in [0, 0.05) is 26.6 Å². The van der Waals surface area contributed by atoms with E-state index in [1.54, 1.807) is 0 Å². The summed E-state index contributed by atoms with van der Waals surface area (Å²) in [5, 5.41) is 8.00. The number of rotatable bonds is 4. The standard InChI is InChI=1S/C19H23N3O2/c1-14(23)20-11-12-21-19(24)22-13-5-10-18(22)17-9-4-7-15-6-2-3-8-16(15)17/h2-4,6-9,18H,5,10-13H2,1H3,(H,20,23)(H,21,24)/t18-/m1/s1. The highest BCUT2D eigenvalue weighted by atomic mass is 16.2. The Morgan fingerprint density at radius 1 is 1.08 bits per heavy atom. The third-order valence-corrected chi connectivity index (χ3v) is 4.47. The van der Waals surface area contributed by atoms with Gasteiger partial charge in [-0.15, -0.1) is 0 Å². The summed E-state index contributed by atoms with van der Waals surface area (Å²) in [5.74, 6) is -0.0842. The molecule has 1 aliphatic heterocycles. The molecule has 1 aliphatic rings. The van der Waals surface area contributed by atoms with Crippen molar-refractivity contribution in [3.05, 3.63) is 48.0 Å². The largest absolute Gasteiger partial charge is 0.355 e. The van der Waals surface area contributed by atoms with E-state index in [9.17, 15) is 9.59 Å². The first-order valence-corrected chi connectivity index (χ1v) is 8.43. The quantitative estimate of drug-likeness (QED) is 0.849. The van der Waals surface area contributed by atoms with Crippen molar-refractivity contribution in [2.45, 2.75) is 25.8 Å². The van der Waals surface area contributed by atoms with E-state index in [-0.39, 0.29) is 18.0 Å². The summed E-state index contributed by atoms with van der Waals surface area (Å²) >= 11 is 0. The molecule has 0 saturated carbocycles. The normalized spacial score (nSPS) is 17.0. The summed E-state index contributed by atoms with van der Waals surface area (Å²) in [4.78, 5) is 25.3. The van der Waals surface area contributed by atoms with E-state index in [4.69, 9.17) is 0 Å². The van der Waals surface area contributed by atoms with Gasteiger partial charge in [0.25, 0.3) is 0 Å². The van der Waals surface area contributed by atoms with Crippen molar-refractivity contribution in [3.8, 4) is 0 Å². The van der Waals surface area contributed by atoms with Crippen LogP contribution < -0.4 is 10.6 Å². The van der Waals surface area contributed by atoms with Gasteiger partial charge < -0.3 is 15.5 Å². The van der Waals surface area contributed by atoms with E-state index >= 15 is 0 Å². The van der Waals surface area contributed by atoms with E-state index in [0.717, 1.165) is 19.4 Å². The zero-order chi connectivity index (χ0) is 16.9. The molecule has 0 radical (unpaired) electrons. The van der Waals surface area contributed by atoms with Gasteiger partial charge in [0.05, 0.1) is 6.04 Å². The number of hydrogen-bond donors (Lipinski definition) is 2. The Labute approximate surface area is 142 Å². The van der Waals surface area contributed by atoms with Crippen LogP contribution >= 0.6 is 0 Å². The molecule has 2 N–H and O–H groups in total. The number of nitrogens with zero attached hydrogens (tertiary/aromatic N) is 1. The summed E-state index contributed by atoms with van der Waals surface area (Å²) in [6, 6.07) is 14.6. The van der Waals surface area contributed by atoms with E-state index < -0.39 is 0 Å². The second-order valence-electron chi connectivity index (χ2n) is 6.13. The van der Waals surface area contributed by atoms with Crippen molar-refractivity contribution in [3.63, 3.8) is 0 Å². The second kappa shape index (κ2) is 7.34. The number of benzene rings is 2. The fourth-order valence-corrected chi connectivity index (χ4v) is 3.38. The van der Waals surface area contributed by atoms with Crippen LogP contribution in [0, 0.1) is 0 Å². The Morgan fingerprint density at radius 2 is 1.83 bits per heavy atom. The molecule has 0 aromatic heterocycles. The second-order valence-corrected chi connectivity index (χ2v) is 6.13. The zero-order valence-corrected chi connectivity index (χ0v) is 13.9. The minimum Gasteiger partial charge on any atom is -0.355 e. The summed E-state index contributed by atoms with van der Waals surface area (Å²) < 4.78 is 0. The SMILES string of the molecule is CC(=O)NCCNC(=O)N1CCC[C@@H]1c1cccc2ccccc12. The first-order chi connectivity index (χ1) is 11.7. The number of hydrogen-bond acceptors (Lipinski definition) is 2. The van der Waals surface area contributed by atoms with Crippen molar-refractivity contribution in [2.24, 2.45) is 0 Å².